The highest BCUT2D eigenvalue weighted by Gasteiger charge is 2.55. The van der Waals surface area contributed by atoms with E-state index in [1.54, 1.807) is 12.1 Å². The minimum atomic E-state index is -3.38. The molecule has 0 unspecified atom stereocenters. The predicted molar refractivity (Wildman–Crippen MR) is 102 cm³/mol. The molecule has 5 nitrogen and oxygen atoms in total. The van der Waals surface area contributed by atoms with Crippen LogP contribution in [0.5, 0.6) is 0 Å². The van der Waals surface area contributed by atoms with Gasteiger partial charge in [0.1, 0.15) is 6.54 Å². The quantitative estimate of drug-likeness (QED) is 0.829. The van der Waals surface area contributed by atoms with Crippen LogP contribution in [0.4, 0.5) is 0 Å². The highest BCUT2D eigenvalue weighted by atomic mass is 32.2. The zero-order valence-corrected chi connectivity index (χ0v) is 16.7. The van der Waals surface area contributed by atoms with E-state index in [9.17, 15) is 8.42 Å². The number of hydrogen-bond acceptors (Lipinski definition) is 3. The first-order chi connectivity index (χ1) is 13.1. The van der Waals surface area contributed by atoms with Crippen LogP contribution in [-0.2, 0) is 21.3 Å². The number of morpholine rings is 1. The maximum absolute atomic E-state index is 12.7. The van der Waals surface area contributed by atoms with Gasteiger partial charge < -0.3 is 10.1 Å². The smallest absolute Gasteiger partial charge is 0.243 e. The second-order valence-corrected chi connectivity index (χ2v) is 10.9. The van der Waals surface area contributed by atoms with Crippen molar-refractivity contribution in [3.05, 3.63) is 29.8 Å². The summed E-state index contributed by atoms with van der Waals surface area (Å²) in [6, 6.07) is 8.33. The molecule has 0 spiro atoms. The van der Waals surface area contributed by atoms with Crippen LogP contribution in [0.2, 0.25) is 0 Å². The third-order valence-electron chi connectivity index (χ3n) is 7.67. The van der Waals surface area contributed by atoms with E-state index in [4.69, 9.17) is 4.74 Å². The standard InChI is InChI=1S/C21H30N2O3S/c24-27(25,23-8-10-26-11-9-23)17-6-4-15(5-7-17)14-22-21-13-16-12-20(21)19-3-1-2-18(16)19/h4-7,16,18-22H,1-3,8-14H2/p+1/t16-,18-,19+,20-,21+/m1/s1. The fourth-order valence-corrected chi connectivity index (χ4v) is 7.82. The molecule has 1 aromatic rings. The fraction of sp³-hybridized carbons (Fsp3) is 0.714. The molecule has 1 aromatic carbocycles. The normalized spacial score (nSPS) is 36.2. The summed E-state index contributed by atoms with van der Waals surface area (Å²) in [7, 11) is -3.38. The van der Waals surface area contributed by atoms with Crippen LogP contribution in [0, 0.1) is 23.7 Å². The predicted octanol–water partition coefficient (Wildman–Crippen LogP) is 1.60. The van der Waals surface area contributed by atoms with Gasteiger partial charge in [-0.2, -0.15) is 4.31 Å². The van der Waals surface area contributed by atoms with Gasteiger partial charge in [-0.3, -0.25) is 0 Å². The Morgan fingerprint density at radius 3 is 2.52 bits per heavy atom. The van der Waals surface area contributed by atoms with E-state index < -0.39 is 10.0 Å². The summed E-state index contributed by atoms with van der Waals surface area (Å²) in [5.74, 6) is 3.98. The molecule has 4 aliphatic rings. The number of nitrogens with two attached hydrogens (primary N) is 1. The molecule has 1 heterocycles. The summed E-state index contributed by atoms with van der Waals surface area (Å²) >= 11 is 0. The summed E-state index contributed by atoms with van der Waals surface area (Å²) in [5.41, 5.74) is 1.22. The van der Waals surface area contributed by atoms with Crippen LogP contribution < -0.4 is 5.32 Å². The van der Waals surface area contributed by atoms with Gasteiger partial charge in [-0.05, 0) is 49.1 Å². The third-order valence-corrected chi connectivity index (χ3v) is 9.58. The van der Waals surface area contributed by atoms with Crippen LogP contribution in [0.15, 0.2) is 29.2 Å². The lowest BCUT2D eigenvalue weighted by atomic mass is 9.79. The van der Waals surface area contributed by atoms with Crippen LogP contribution in [0.3, 0.4) is 0 Å². The first kappa shape index (κ1) is 18.1. The molecule has 1 saturated heterocycles. The van der Waals surface area contributed by atoms with Gasteiger partial charge in [0.15, 0.2) is 0 Å². The van der Waals surface area contributed by atoms with Crippen molar-refractivity contribution in [2.24, 2.45) is 23.7 Å². The van der Waals surface area contributed by atoms with Gasteiger partial charge in [-0.15, -0.1) is 0 Å². The molecule has 148 valence electrons. The average Bonchev–Trinajstić information content (AvgIpc) is 3.41. The van der Waals surface area contributed by atoms with Gasteiger partial charge in [0.25, 0.3) is 0 Å². The number of fused-ring (bicyclic) bond motifs is 5. The van der Waals surface area contributed by atoms with E-state index in [1.165, 1.54) is 42.0 Å². The minimum absolute atomic E-state index is 0.405. The molecule has 0 radical (unpaired) electrons. The van der Waals surface area contributed by atoms with Crippen molar-refractivity contribution in [3.63, 3.8) is 0 Å². The lowest BCUT2D eigenvalue weighted by Crippen LogP contribution is -2.90. The number of hydrogen-bond donors (Lipinski definition) is 1. The van der Waals surface area contributed by atoms with Crippen LogP contribution in [-0.4, -0.2) is 45.1 Å². The van der Waals surface area contributed by atoms with Gasteiger partial charge in [-0.1, -0.05) is 18.6 Å². The molecule has 1 aliphatic heterocycles. The Labute approximate surface area is 162 Å². The van der Waals surface area contributed by atoms with Crippen molar-refractivity contribution in [2.75, 3.05) is 26.3 Å². The number of ether oxygens (including phenoxy) is 1. The van der Waals surface area contributed by atoms with Gasteiger partial charge in [-0.25, -0.2) is 8.42 Å². The number of rotatable bonds is 5. The number of nitrogens with zero attached hydrogens (tertiary/aromatic N) is 1. The van der Waals surface area contributed by atoms with Gasteiger partial charge in [0.05, 0.1) is 24.2 Å². The van der Waals surface area contributed by atoms with Crippen LogP contribution >= 0.6 is 0 Å². The summed E-state index contributed by atoms with van der Waals surface area (Å²) in [6.07, 6.45) is 7.26. The molecule has 0 amide bonds. The third kappa shape index (κ3) is 3.24. The Kier molecular flexibility index (Phi) is 4.79. The number of benzene rings is 1. The van der Waals surface area contributed by atoms with E-state index in [-0.39, 0.29) is 0 Å². The molecular formula is C21H31N2O3S+. The van der Waals surface area contributed by atoms with Crippen LogP contribution in [0.1, 0.15) is 37.7 Å². The maximum atomic E-state index is 12.7. The van der Waals surface area contributed by atoms with Crippen molar-refractivity contribution in [1.82, 2.24) is 4.31 Å². The van der Waals surface area contributed by atoms with Crippen molar-refractivity contribution >= 4 is 10.0 Å². The Hall–Kier alpha value is -0.950. The molecular weight excluding hydrogens is 360 g/mol. The monoisotopic (exact) mass is 391 g/mol. The summed E-state index contributed by atoms with van der Waals surface area (Å²) in [5, 5.41) is 2.53. The molecule has 3 aliphatic carbocycles. The molecule has 5 atom stereocenters. The van der Waals surface area contributed by atoms with Crippen molar-refractivity contribution in [1.29, 1.82) is 0 Å². The van der Waals surface area contributed by atoms with Crippen LogP contribution in [0.25, 0.3) is 0 Å². The largest absolute Gasteiger partial charge is 0.379 e. The highest BCUT2D eigenvalue weighted by molar-refractivity contribution is 7.89. The lowest BCUT2D eigenvalue weighted by molar-refractivity contribution is -0.711. The average molecular weight is 392 g/mol. The van der Waals surface area contributed by atoms with Crippen molar-refractivity contribution in [2.45, 2.75) is 49.6 Å². The van der Waals surface area contributed by atoms with Gasteiger partial charge >= 0.3 is 0 Å². The van der Waals surface area contributed by atoms with E-state index in [1.807, 2.05) is 12.1 Å². The summed E-state index contributed by atoms with van der Waals surface area (Å²) in [4.78, 5) is 0.405. The zero-order valence-electron chi connectivity index (χ0n) is 15.9. The Morgan fingerprint density at radius 1 is 1.00 bits per heavy atom. The van der Waals surface area contributed by atoms with Gasteiger partial charge in [0, 0.05) is 31.0 Å². The molecule has 2 bridgehead atoms. The number of sulfonamides is 1. The van der Waals surface area contributed by atoms with E-state index in [2.05, 4.69) is 5.32 Å². The Bertz CT molecular complexity index is 773. The SMILES string of the molecule is O=S(=O)(c1ccc(C[NH2+][C@H]2C[C@H]3C[C@@H]2[C@H]2CCC[C@H]32)cc1)N1CCOCC1. The molecule has 2 N–H and O–H groups in total. The molecule has 27 heavy (non-hydrogen) atoms. The second-order valence-electron chi connectivity index (χ2n) is 8.92. The first-order valence-corrected chi connectivity index (χ1v) is 12.1. The zero-order chi connectivity index (χ0) is 18.4. The molecule has 5 rings (SSSR count). The minimum Gasteiger partial charge on any atom is -0.379 e. The second kappa shape index (κ2) is 7.14. The molecule has 3 saturated carbocycles. The topological polar surface area (TPSA) is 63.2 Å². The fourth-order valence-electron chi connectivity index (χ4n) is 6.41. The van der Waals surface area contributed by atoms with Crippen molar-refractivity contribution < 1.29 is 18.5 Å². The Balaban J connectivity index is 1.20. The molecule has 6 heteroatoms. The molecule has 4 fully saturated rings. The molecule has 0 aromatic heterocycles. The van der Waals surface area contributed by atoms with E-state index in [0.29, 0.717) is 31.2 Å². The highest BCUT2D eigenvalue weighted by Crippen LogP contribution is 2.57. The maximum Gasteiger partial charge on any atom is 0.243 e. The number of quaternary nitrogens is 1. The summed E-state index contributed by atoms with van der Waals surface area (Å²) < 4.78 is 32.2. The van der Waals surface area contributed by atoms with Crippen molar-refractivity contribution in [3.8, 4) is 0 Å². The lowest BCUT2D eigenvalue weighted by Gasteiger charge is -2.30. The summed E-state index contributed by atoms with van der Waals surface area (Å²) in [6.45, 7) is 2.83. The van der Waals surface area contributed by atoms with Gasteiger partial charge in [0.2, 0.25) is 10.0 Å². The Morgan fingerprint density at radius 2 is 1.74 bits per heavy atom. The van der Waals surface area contributed by atoms with E-state index in [0.717, 1.165) is 36.3 Å². The first-order valence-electron chi connectivity index (χ1n) is 10.6. The van der Waals surface area contributed by atoms with E-state index >= 15 is 0 Å².